The van der Waals surface area contributed by atoms with Gasteiger partial charge in [0.25, 0.3) is 0 Å². The van der Waals surface area contributed by atoms with Gasteiger partial charge in [-0.3, -0.25) is 4.90 Å². The van der Waals surface area contributed by atoms with Gasteiger partial charge in [-0.05, 0) is 41.0 Å². The van der Waals surface area contributed by atoms with E-state index in [1.54, 1.807) is 0 Å². The number of ether oxygens (including phenoxy) is 1. The van der Waals surface area contributed by atoms with E-state index in [9.17, 15) is 14.7 Å². The van der Waals surface area contributed by atoms with E-state index in [4.69, 9.17) is 4.74 Å². The van der Waals surface area contributed by atoms with E-state index in [0.717, 1.165) is 24.0 Å². The molecule has 5 nitrogen and oxygen atoms in total. The molecule has 2 atom stereocenters. The van der Waals surface area contributed by atoms with Crippen molar-refractivity contribution in [2.45, 2.75) is 38.1 Å². The summed E-state index contributed by atoms with van der Waals surface area (Å²) in [7, 11) is 0. The van der Waals surface area contributed by atoms with Crippen LogP contribution in [0.5, 0.6) is 0 Å². The molecule has 0 aromatic heterocycles. The molecule has 0 saturated carbocycles. The van der Waals surface area contributed by atoms with Crippen LogP contribution in [0.1, 0.15) is 43.2 Å². The van der Waals surface area contributed by atoms with Gasteiger partial charge in [0.15, 0.2) is 0 Å². The van der Waals surface area contributed by atoms with Crippen molar-refractivity contribution in [1.82, 2.24) is 4.90 Å². The van der Waals surface area contributed by atoms with Crippen LogP contribution in [0, 0.1) is 5.92 Å². The Morgan fingerprint density at radius 2 is 1.68 bits per heavy atom. The maximum absolute atomic E-state index is 12.7. The van der Waals surface area contributed by atoms with Crippen molar-refractivity contribution >= 4 is 12.1 Å². The molecule has 2 aromatic carbocycles. The number of aliphatic carboxylic acids is 1. The molecular weight excluding hydrogens is 354 g/mol. The Balaban J connectivity index is 1.50. The minimum atomic E-state index is -0.952. The Labute approximate surface area is 164 Å². The van der Waals surface area contributed by atoms with Gasteiger partial charge in [-0.15, -0.1) is 0 Å². The van der Waals surface area contributed by atoms with Crippen LogP contribution in [0.25, 0.3) is 11.1 Å². The second kappa shape index (κ2) is 7.66. The molecule has 4 rings (SSSR count). The average Bonchev–Trinajstić information content (AvgIpc) is 3.26. The van der Waals surface area contributed by atoms with Crippen molar-refractivity contribution < 1.29 is 19.4 Å². The molecule has 1 fully saturated rings. The van der Waals surface area contributed by atoms with Gasteiger partial charge in [-0.1, -0.05) is 61.9 Å². The Bertz CT molecular complexity index is 848. The predicted octanol–water partition coefficient (Wildman–Crippen LogP) is 4.51. The lowest BCUT2D eigenvalue weighted by molar-refractivity contribution is -0.141. The number of carbonyl (C=O) groups is 2. The zero-order chi connectivity index (χ0) is 19.7. The van der Waals surface area contributed by atoms with E-state index in [0.29, 0.717) is 13.0 Å². The molecule has 1 N–H and O–H groups in total. The summed E-state index contributed by atoms with van der Waals surface area (Å²) in [5.74, 6) is -0.743. The van der Waals surface area contributed by atoms with Crippen molar-refractivity contribution in [2.75, 3.05) is 13.2 Å². The fourth-order valence-electron chi connectivity index (χ4n) is 4.65. The predicted molar refractivity (Wildman–Crippen MR) is 106 cm³/mol. The first-order valence-electron chi connectivity index (χ1n) is 9.94. The van der Waals surface area contributed by atoms with Crippen LogP contribution >= 0.6 is 0 Å². The summed E-state index contributed by atoms with van der Waals surface area (Å²) in [6, 6.07) is 15.6. The van der Waals surface area contributed by atoms with Crippen LogP contribution in [0.2, 0.25) is 0 Å². The molecule has 2 aliphatic rings. The molecule has 0 radical (unpaired) electrons. The van der Waals surface area contributed by atoms with Crippen molar-refractivity contribution in [3.63, 3.8) is 0 Å². The lowest BCUT2D eigenvalue weighted by Gasteiger charge is -2.22. The number of benzene rings is 2. The zero-order valence-corrected chi connectivity index (χ0v) is 16.0. The summed E-state index contributed by atoms with van der Waals surface area (Å²) in [5.41, 5.74) is 4.65. The second-order valence-electron chi connectivity index (χ2n) is 7.70. The van der Waals surface area contributed by atoms with Crippen molar-refractivity contribution in [3.05, 3.63) is 59.7 Å². The first-order chi connectivity index (χ1) is 13.6. The molecular formula is C23H25NO4. The number of amides is 1. The Kier molecular flexibility index (Phi) is 5.07. The maximum atomic E-state index is 12.7. The van der Waals surface area contributed by atoms with Crippen LogP contribution in [0.4, 0.5) is 4.79 Å². The lowest BCUT2D eigenvalue weighted by Crippen LogP contribution is -2.41. The van der Waals surface area contributed by atoms with E-state index in [2.05, 4.69) is 31.2 Å². The Morgan fingerprint density at radius 3 is 2.25 bits per heavy atom. The number of hydrogen-bond acceptors (Lipinski definition) is 3. The van der Waals surface area contributed by atoms with Crippen LogP contribution in [-0.2, 0) is 9.53 Å². The summed E-state index contributed by atoms with van der Waals surface area (Å²) in [5, 5.41) is 9.51. The van der Waals surface area contributed by atoms with E-state index in [1.807, 2.05) is 24.3 Å². The van der Waals surface area contributed by atoms with Crippen molar-refractivity contribution in [3.8, 4) is 11.1 Å². The monoisotopic (exact) mass is 379 g/mol. The highest BCUT2D eigenvalue weighted by molar-refractivity contribution is 5.81. The van der Waals surface area contributed by atoms with Crippen LogP contribution < -0.4 is 0 Å². The number of nitrogens with zero attached hydrogens (tertiary/aromatic N) is 1. The fraction of sp³-hybridized carbons (Fsp3) is 0.391. The largest absolute Gasteiger partial charge is 0.480 e. The van der Waals surface area contributed by atoms with Gasteiger partial charge in [0.2, 0.25) is 0 Å². The molecule has 1 aliphatic carbocycles. The molecule has 1 amide bonds. The van der Waals surface area contributed by atoms with Gasteiger partial charge in [-0.2, -0.15) is 0 Å². The number of fused-ring (bicyclic) bond motifs is 3. The van der Waals surface area contributed by atoms with Crippen LogP contribution in [0.3, 0.4) is 0 Å². The van der Waals surface area contributed by atoms with Gasteiger partial charge in [0.1, 0.15) is 12.6 Å². The standard InChI is InChI=1S/C23H25NO4/c1-2-7-15-12-21(22(25)26)24(13-15)23(27)28-14-20-18-10-5-3-8-16(18)17-9-4-6-11-19(17)20/h3-6,8-11,15,20-21H,2,7,12-14H2,1H3,(H,25,26)/t15-,21+/m1/s1. The van der Waals surface area contributed by atoms with Crippen molar-refractivity contribution in [2.24, 2.45) is 5.92 Å². The molecule has 1 saturated heterocycles. The smallest absolute Gasteiger partial charge is 0.410 e. The van der Waals surface area contributed by atoms with Gasteiger partial charge in [0.05, 0.1) is 0 Å². The number of carboxylic acids is 1. The number of likely N-dealkylation sites (tertiary alicyclic amines) is 1. The fourth-order valence-corrected chi connectivity index (χ4v) is 4.65. The summed E-state index contributed by atoms with van der Waals surface area (Å²) in [4.78, 5) is 25.7. The normalized spacial score (nSPS) is 20.7. The van der Waals surface area contributed by atoms with E-state index < -0.39 is 18.1 Å². The summed E-state index contributed by atoms with van der Waals surface area (Å²) in [6.07, 6.45) is 1.90. The topological polar surface area (TPSA) is 66.8 Å². The Morgan fingerprint density at radius 1 is 1.07 bits per heavy atom. The number of hydrogen-bond donors (Lipinski definition) is 1. The van der Waals surface area contributed by atoms with Crippen LogP contribution in [0.15, 0.2) is 48.5 Å². The summed E-state index contributed by atoms with van der Waals surface area (Å²) < 4.78 is 5.65. The highest BCUT2D eigenvalue weighted by Crippen LogP contribution is 2.44. The third-order valence-electron chi connectivity index (χ3n) is 5.94. The molecule has 0 unspecified atom stereocenters. The number of carboxylic acid groups (broad SMARTS) is 1. The highest BCUT2D eigenvalue weighted by Gasteiger charge is 2.40. The second-order valence-corrected chi connectivity index (χ2v) is 7.70. The summed E-state index contributed by atoms with van der Waals surface area (Å²) in [6.45, 7) is 2.75. The molecule has 146 valence electrons. The molecule has 1 aliphatic heterocycles. The van der Waals surface area contributed by atoms with Gasteiger partial charge in [0, 0.05) is 12.5 Å². The first kappa shape index (κ1) is 18.5. The zero-order valence-electron chi connectivity index (χ0n) is 16.0. The number of rotatable bonds is 5. The SMILES string of the molecule is CCC[C@@H]1C[C@@H](C(=O)O)N(C(=O)OCC2c3ccccc3-c3ccccc32)C1. The van der Waals surface area contributed by atoms with Crippen molar-refractivity contribution in [1.29, 1.82) is 0 Å². The molecule has 28 heavy (non-hydrogen) atoms. The molecule has 1 heterocycles. The maximum Gasteiger partial charge on any atom is 0.410 e. The van der Waals surface area contributed by atoms with E-state index in [1.165, 1.54) is 16.0 Å². The van der Waals surface area contributed by atoms with Gasteiger partial charge in [-0.25, -0.2) is 9.59 Å². The van der Waals surface area contributed by atoms with Gasteiger partial charge < -0.3 is 9.84 Å². The van der Waals surface area contributed by atoms with Gasteiger partial charge >= 0.3 is 12.1 Å². The Hall–Kier alpha value is -2.82. The first-order valence-corrected chi connectivity index (χ1v) is 9.94. The van der Waals surface area contributed by atoms with E-state index in [-0.39, 0.29) is 18.4 Å². The van der Waals surface area contributed by atoms with E-state index >= 15 is 0 Å². The third kappa shape index (κ3) is 3.26. The molecule has 0 spiro atoms. The third-order valence-corrected chi connectivity index (χ3v) is 5.94. The number of carbonyl (C=O) groups excluding carboxylic acids is 1. The molecule has 0 bridgehead atoms. The summed E-state index contributed by atoms with van der Waals surface area (Å²) >= 11 is 0. The van der Waals surface area contributed by atoms with Crippen LogP contribution in [-0.4, -0.2) is 41.3 Å². The quantitative estimate of drug-likeness (QED) is 0.830. The minimum Gasteiger partial charge on any atom is -0.480 e. The average molecular weight is 379 g/mol. The highest BCUT2D eigenvalue weighted by atomic mass is 16.6. The molecule has 2 aromatic rings. The molecule has 5 heteroatoms. The lowest BCUT2D eigenvalue weighted by atomic mass is 9.98. The minimum absolute atomic E-state index is 0.0198.